The Morgan fingerprint density at radius 2 is 1.75 bits per heavy atom. The van der Waals surface area contributed by atoms with E-state index >= 15 is 0 Å². The molecule has 0 aliphatic carbocycles. The molecule has 2 aromatic carbocycles. The van der Waals surface area contributed by atoms with Crippen LogP contribution in [0.5, 0.6) is 17.2 Å². The lowest BCUT2D eigenvalue weighted by atomic mass is 10.1. The van der Waals surface area contributed by atoms with Crippen molar-refractivity contribution in [2.45, 2.75) is 12.6 Å². The first kappa shape index (κ1) is 19.3. The molecule has 1 atom stereocenters. The van der Waals surface area contributed by atoms with Crippen molar-refractivity contribution in [2.24, 2.45) is 0 Å². The van der Waals surface area contributed by atoms with Crippen LogP contribution in [0.3, 0.4) is 0 Å². The van der Waals surface area contributed by atoms with Gasteiger partial charge in [0.25, 0.3) is 0 Å². The Morgan fingerprint density at radius 1 is 1.00 bits per heavy atom. The van der Waals surface area contributed by atoms with Gasteiger partial charge in [-0.15, -0.1) is 0 Å². The number of nitrogens with zero attached hydrogens (tertiary/aromatic N) is 2. The third-order valence-corrected chi connectivity index (χ3v) is 5.36. The lowest BCUT2D eigenvalue weighted by Crippen LogP contribution is -2.48. The third-order valence-electron chi connectivity index (χ3n) is 5.04. The lowest BCUT2D eigenvalue weighted by Gasteiger charge is -2.35. The average molecular weight is 405 g/mol. The molecule has 0 spiro atoms. The molecule has 1 fully saturated rings. The number of hydrogen-bond donors (Lipinski definition) is 1. The summed E-state index contributed by atoms with van der Waals surface area (Å²) in [5, 5.41) is 10.9. The summed E-state index contributed by atoms with van der Waals surface area (Å²) >= 11 is 6.08. The van der Waals surface area contributed by atoms with Crippen molar-refractivity contribution < 1.29 is 19.3 Å². The first-order valence-corrected chi connectivity index (χ1v) is 9.94. The van der Waals surface area contributed by atoms with Gasteiger partial charge in [-0.1, -0.05) is 29.8 Å². The van der Waals surface area contributed by atoms with Crippen molar-refractivity contribution in [3.05, 3.63) is 53.1 Å². The molecule has 1 N–H and O–H groups in total. The largest absolute Gasteiger partial charge is 0.489 e. The highest BCUT2D eigenvalue weighted by molar-refractivity contribution is 6.32. The van der Waals surface area contributed by atoms with Crippen molar-refractivity contribution in [3.63, 3.8) is 0 Å². The molecular weight excluding hydrogens is 380 g/mol. The van der Waals surface area contributed by atoms with Crippen LogP contribution in [-0.4, -0.2) is 67.1 Å². The smallest absolute Gasteiger partial charge is 0.231 e. The minimum Gasteiger partial charge on any atom is -0.489 e. The van der Waals surface area contributed by atoms with Gasteiger partial charge in [-0.3, -0.25) is 9.80 Å². The number of β-amino-alcohol motifs (C(OH)–C–C–N with tert-alkyl or cyclic N) is 1. The number of benzene rings is 2. The number of aliphatic hydroxyl groups excluding tert-OH is 1. The van der Waals surface area contributed by atoms with Crippen LogP contribution in [0.25, 0.3) is 0 Å². The standard InChI is InChI=1S/C21H25ClN2O4/c22-18-3-1-2-4-19(18)26-14-17(25)13-24-9-7-23(8-10-24)12-16-5-6-20-21(11-16)28-15-27-20/h1-6,11,17,25H,7-10,12-15H2/t17-/m0/s1. The SMILES string of the molecule is O[C@H](COc1ccccc1Cl)CN1CCN(Cc2ccc3c(c2)OCO3)CC1. The van der Waals surface area contributed by atoms with E-state index in [1.807, 2.05) is 24.3 Å². The van der Waals surface area contributed by atoms with Crippen LogP contribution in [0, 0.1) is 0 Å². The average Bonchev–Trinajstić information content (AvgIpc) is 3.17. The summed E-state index contributed by atoms with van der Waals surface area (Å²) in [6.45, 7) is 5.81. The van der Waals surface area contributed by atoms with E-state index in [0.29, 0.717) is 24.1 Å². The molecule has 0 aromatic heterocycles. The van der Waals surface area contributed by atoms with Crippen molar-refractivity contribution in [2.75, 3.05) is 46.1 Å². The van der Waals surface area contributed by atoms with E-state index < -0.39 is 6.10 Å². The first-order valence-electron chi connectivity index (χ1n) is 9.56. The highest BCUT2D eigenvalue weighted by atomic mass is 35.5. The maximum absolute atomic E-state index is 10.3. The second-order valence-corrected chi connectivity index (χ2v) is 7.57. The molecule has 0 bridgehead atoms. The van der Waals surface area contributed by atoms with Crippen LogP contribution in [0.2, 0.25) is 5.02 Å². The molecule has 1 saturated heterocycles. The minimum atomic E-state index is -0.545. The maximum Gasteiger partial charge on any atom is 0.231 e. The van der Waals surface area contributed by atoms with Crippen LogP contribution >= 0.6 is 11.6 Å². The van der Waals surface area contributed by atoms with E-state index in [0.717, 1.165) is 44.2 Å². The van der Waals surface area contributed by atoms with Crippen LogP contribution in [-0.2, 0) is 6.54 Å². The quantitative estimate of drug-likeness (QED) is 0.765. The van der Waals surface area contributed by atoms with Crippen molar-refractivity contribution in [1.29, 1.82) is 0 Å². The minimum absolute atomic E-state index is 0.237. The zero-order chi connectivity index (χ0) is 19.3. The Morgan fingerprint density at radius 3 is 2.57 bits per heavy atom. The summed E-state index contributed by atoms with van der Waals surface area (Å²) in [6, 6.07) is 13.4. The molecule has 2 heterocycles. The summed E-state index contributed by atoms with van der Waals surface area (Å²) in [5.74, 6) is 2.26. The number of hydrogen-bond acceptors (Lipinski definition) is 6. The van der Waals surface area contributed by atoms with Gasteiger partial charge < -0.3 is 19.3 Å². The second kappa shape index (κ2) is 9.01. The second-order valence-electron chi connectivity index (χ2n) is 7.16. The van der Waals surface area contributed by atoms with E-state index in [4.69, 9.17) is 25.8 Å². The molecule has 28 heavy (non-hydrogen) atoms. The Balaban J connectivity index is 1.19. The van der Waals surface area contributed by atoms with Crippen LogP contribution < -0.4 is 14.2 Å². The molecule has 2 aliphatic rings. The zero-order valence-electron chi connectivity index (χ0n) is 15.7. The Hall–Kier alpha value is -1.99. The molecule has 6 nitrogen and oxygen atoms in total. The normalized spacial score (nSPS) is 18.2. The van der Waals surface area contributed by atoms with Gasteiger partial charge in [0, 0.05) is 39.3 Å². The Bertz CT molecular complexity index is 796. The fourth-order valence-corrected chi connectivity index (χ4v) is 3.72. The zero-order valence-corrected chi connectivity index (χ0v) is 16.5. The molecule has 150 valence electrons. The van der Waals surface area contributed by atoms with E-state index in [1.54, 1.807) is 6.07 Å². The van der Waals surface area contributed by atoms with Crippen LogP contribution in [0.15, 0.2) is 42.5 Å². The summed E-state index contributed by atoms with van der Waals surface area (Å²) in [7, 11) is 0. The van der Waals surface area contributed by atoms with Crippen molar-refractivity contribution in [3.8, 4) is 17.2 Å². The topological polar surface area (TPSA) is 54.4 Å². The highest BCUT2D eigenvalue weighted by Crippen LogP contribution is 2.32. The molecule has 0 unspecified atom stereocenters. The van der Waals surface area contributed by atoms with Crippen LogP contribution in [0.1, 0.15) is 5.56 Å². The first-order chi connectivity index (χ1) is 13.7. The lowest BCUT2D eigenvalue weighted by molar-refractivity contribution is 0.0446. The monoisotopic (exact) mass is 404 g/mol. The predicted octanol–water partition coefficient (Wildman–Crippen LogP) is 2.63. The fraction of sp³-hybridized carbons (Fsp3) is 0.429. The molecule has 0 amide bonds. The molecule has 2 aromatic rings. The van der Waals surface area contributed by atoms with Gasteiger partial charge in [0.05, 0.1) is 5.02 Å². The van der Waals surface area contributed by atoms with Gasteiger partial charge in [0.1, 0.15) is 18.5 Å². The predicted molar refractivity (Wildman–Crippen MR) is 107 cm³/mol. The molecule has 0 saturated carbocycles. The molecule has 0 radical (unpaired) electrons. The molecule has 2 aliphatic heterocycles. The number of fused-ring (bicyclic) bond motifs is 1. The van der Waals surface area contributed by atoms with Gasteiger partial charge in [-0.25, -0.2) is 0 Å². The Kier molecular flexibility index (Phi) is 6.22. The van der Waals surface area contributed by atoms with Gasteiger partial charge in [0.15, 0.2) is 11.5 Å². The summed E-state index contributed by atoms with van der Waals surface area (Å²) in [6.07, 6.45) is -0.545. The number of ether oxygens (including phenoxy) is 3. The maximum atomic E-state index is 10.3. The molecule has 4 rings (SSSR count). The number of halogens is 1. The molecule has 7 heteroatoms. The van der Waals surface area contributed by atoms with E-state index in [9.17, 15) is 5.11 Å². The third kappa shape index (κ3) is 4.89. The van der Waals surface area contributed by atoms with Crippen molar-refractivity contribution in [1.82, 2.24) is 9.80 Å². The summed E-state index contributed by atoms with van der Waals surface area (Å²) < 4.78 is 16.5. The van der Waals surface area contributed by atoms with E-state index in [1.165, 1.54) is 5.56 Å². The van der Waals surface area contributed by atoms with Gasteiger partial charge in [0.2, 0.25) is 6.79 Å². The summed E-state index contributed by atoms with van der Waals surface area (Å²) in [5.41, 5.74) is 1.23. The Labute approximate surface area is 170 Å². The van der Waals surface area contributed by atoms with E-state index in [-0.39, 0.29) is 6.61 Å². The number of aliphatic hydroxyl groups is 1. The number of para-hydroxylation sites is 1. The van der Waals surface area contributed by atoms with E-state index in [2.05, 4.69) is 21.9 Å². The van der Waals surface area contributed by atoms with Crippen molar-refractivity contribution >= 4 is 11.6 Å². The molecular formula is C21H25ClN2O4. The number of piperazine rings is 1. The van der Waals surface area contributed by atoms with Gasteiger partial charge in [-0.05, 0) is 29.8 Å². The fourth-order valence-electron chi connectivity index (χ4n) is 3.53. The van der Waals surface area contributed by atoms with Crippen LogP contribution in [0.4, 0.5) is 0 Å². The van der Waals surface area contributed by atoms with Gasteiger partial charge in [-0.2, -0.15) is 0 Å². The van der Waals surface area contributed by atoms with Gasteiger partial charge >= 0.3 is 0 Å². The number of rotatable bonds is 7. The highest BCUT2D eigenvalue weighted by Gasteiger charge is 2.21. The summed E-state index contributed by atoms with van der Waals surface area (Å²) in [4.78, 5) is 4.69.